The summed E-state index contributed by atoms with van der Waals surface area (Å²) in [5, 5.41) is 6.64. The molecular weight excluding hydrogens is 446 g/mol. The molecule has 0 saturated carbocycles. The third kappa shape index (κ3) is 7.60. The van der Waals surface area contributed by atoms with Gasteiger partial charge in [-0.15, -0.1) is 0 Å². The van der Waals surface area contributed by atoms with Crippen LogP contribution in [0.1, 0.15) is 35.3 Å². The summed E-state index contributed by atoms with van der Waals surface area (Å²) < 4.78 is 16.7. The predicted molar refractivity (Wildman–Crippen MR) is 134 cm³/mol. The molecule has 0 heterocycles. The normalized spacial score (nSPS) is 11.5. The standard InChI is InChI=1S/C27H29N3O5/c1-4-34-25-16-21(10-15-24(25)35-18-20-8-6-5-7-9-20)17-28-30-26(31)19(2)29-27(32)22-11-13-23(33-3)14-12-22/h5-17,19H,4,18H2,1-3H3,(H,29,32)(H,30,31). The molecule has 3 rings (SSSR count). The summed E-state index contributed by atoms with van der Waals surface area (Å²) in [5.41, 5.74) is 4.64. The van der Waals surface area contributed by atoms with Gasteiger partial charge in [0.15, 0.2) is 11.5 Å². The fraction of sp³-hybridized carbons (Fsp3) is 0.222. The highest BCUT2D eigenvalue weighted by Crippen LogP contribution is 2.28. The van der Waals surface area contributed by atoms with Gasteiger partial charge in [-0.1, -0.05) is 30.3 Å². The minimum absolute atomic E-state index is 0.369. The molecule has 1 unspecified atom stereocenters. The van der Waals surface area contributed by atoms with Crippen LogP contribution in [0.3, 0.4) is 0 Å². The number of carbonyl (C=O) groups is 2. The third-order valence-corrected chi connectivity index (χ3v) is 4.99. The van der Waals surface area contributed by atoms with Gasteiger partial charge >= 0.3 is 0 Å². The monoisotopic (exact) mass is 475 g/mol. The van der Waals surface area contributed by atoms with Gasteiger partial charge in [0.2, 0.25) is 0 Å². The van der Waals surface area contributed by atoms with Crippen molar-refractivity contribution in [3.8, 4) is 17.2 Å². The molecule has 0 saturated heterocycles. The Labute approximate surface area is 204 Å². The van der Waals surface area contributed by atoms with Crippen LogP contribution in [0, 0.1) is 0 Å². The van der Waals surface area contributed by atoms with E-state index in [1.807, 2.05) is 43.3 Å². The van der Waals surface area contributed by atoms with Crippen LogP contribution in [0.2, 0.25) is 0 Å². The zero-order chi connectivity index (χ0) is 25.0. The van der Waals surface area contributed by atoms with Crippen molar-refractivity contribution >= 4 is 18.0 Å². The minimum Gasteiger partial charge on any atom is -0.497 e. The van der Waals surface area contributed by atoms with Crippen molar-refractivity contribution in [1.29, 1.82) is 0 Å². The highest BCUT2D eigenvalue weighted by atomic mass is 16.5. The SMILES string of the molecule is CCOc1cc(C=NNC(=O)C(C)NC(=O)c2ccc(OC)cc2)ccc1OCc1ccccc1. The molecule has 0 bridgehead atoms. The second-order valence-corrected chi connectivity index (χ2v) is 7.57. The largest absolute Gasteiger partial charge is 0.497 e. The predicted octanol–water partition coefficient (Wildman–Crippen LogP) is 3.94. The summed E-state index contributed by atoms with van der Waals surface area (Å²) in [7, 11) is 1.55. The minimum atomic E-state index is -0.783. The lowest BCUT2D eigenvalue weighted by Gasteiger charge is -2.13. The number of carbonyl (C=O) groups excluding carboxylic acids is 2. The Bertz CT molecular complexity index is 1150. The number of ether oxygens (including phenoxy) is 3. The summed E-state index contributed by atoms with van der Waals surface area (Å²) in [6.07, 6.45) is 1.50. The number of amides is 2. The Hall–Kier alpha value is -4.33. The van der Waals surface area contributed by atoms with Gasteiger partial charge in [0.1, 0.15) is 18.4 Å². The van der Waals surface area contributed by atoms with Gasteiger partial charge in [-0.05, 0) is 67.4 Å². The Morgan fingerprint density at radius 3 is 2.40 bits per heavy atom. The summed E-state index contributed by atoms with van der Waals surface area (Å²) in [6.45, 7) is 4.37. The van der Waals surface area contributed by atoms with E-state index >= 15 is 0 Å². The molecule has 182 valence electrons. The van der Waals surface area contributed by atoms with Crippen LogP contribution >= 0.6 is 0 Å². The molecule has 35 heavy (non-hydrogen) atoms. The van der Waals surface area contributed by atoms with Gasteiger partial charge < -0.3 is 19.5 Å². The molecular formula is C27H29N3O5. The zero-order valence-electron chi connectivity index (χ0n) is 20.0. The molecule has 8 nitrogen and oxygen atoms in total. The lowest BCUT2D eigenvalue weighted by molar-refractivity contribution is -0.122. The fourth-order valence-corrected chi connectivity index (χ4v) is 3.08. The summed E-state index contributed by atoms with van der Waals surface area (Å²) in [6, 6.07) is 21.1. The van der Waals surface area contributed by atoms with Crippen molar-refractivity contribution in [3.63, 3.8) is 0 Å². The van der Waals surface area contributed by atoms with Crippen molar-refractivity contribution in [2.45, 2.75) is 26.5 Å². The Morgan fingerprint density at radius 2 is 1.71 bits per heavy atom. The second-order valence-electron chi connectivity index (χ2n) is 7.57. The number of nitrogens with zero attached hydrogens (tertiary/aromatic N) is 1. The van der Waals surface area contributed by atoms with Crippen LogP contribution < -0.4 is 25.0 Å². The second kappa shape index (κ2) is 12.8. The van der Waals surface area contributed by atoms with E-state index in [-0.39, 0.29) is 5.91 Å². The highest BCUT2D eigenvalue weighted by Gasteiger charge is 2.16. The van der Waals surface area contributed by atoms with Gasteiger partial charge in [-0.25, -0.2) is 5.43 Å². The molecule has 0 spiro atoms. The smallest absolute Gasteiger partial charge is 0.262 e. The number of hydrazone groups is 1. The molecule has 3 aromatic rings. The van der Waals surface area contributed by atoms with Gasteiger partial charge in [0, 0.05) is 5.56 Å². The molecule has 1 atom stereocenters. The zero-order valence-corrected chi connectivity index (χ0v) is 20.0. The molecule has 0 aliphatic heterocycles. The van der Waals surface area contributed by atoms with E-state index < -0.39 is 11.9 Å². The average Bonchev–Trinajstić information content (AvgIpc) is 2.89. The molecule has 0 aromatic heterocycles. The lowest BCUT2D eigenvalue weighted by Crippen LogP contribution is -2.43. The maximum Gasteiger partial charge on any atom is 0.262 e. The van der Waals surface area contributed by atoms with Gasteiger partial charge in [-0.2, -0.15) is 5.10 Å². The van der Waals surface area contributed by atoms with E-state index in [1.165, 1.54) is 6.21 Å². The first-order valence-electron chi connectivity index (χ1n) is 11.2. The van der Waals surface area contributed by atoms with Crippen LogP contribution in [-0.4, -0.2) is 37.8 Å². The number of rotatable bonds is 11. The van der Waals surface area contributed by atoms with Gasteiger partial charge in [-0.3, -0.25) is 9.59 Å². The highest BCUT2D eigenvalue weighted by molar-refractivity contribution is 5.97. The van der Waals surface area contributed by atoms with Crippen LogP contribution in [0.4, 0.5) is 0 Å². The van der Waals surface area contributed by atoms with Gasteiger partial charge in [0.25, 0.3) is 11.8 Å². The molecule has 8 heteroatoms. The topological polar surface area (TPSA) is 98.2 Å². The quantitative estimate of drug-likeness (QED) is 0.323. The van der Waals surface area contributed by atoms with Crippen molar-refractivity contribution in [2.24, 2.45) is 5.10 Å². The first kappa shape index (κ1) is 25.3. The molecule has 3 aromatic carbocycles. The van der Waals surface area contributed by atoms with E-state index in [1.54, 1.807) is 50.4 Å². The summed E-state index contributed by atoms with van der Waals surface area (Å²) >= 11 is 0. The lowest BCUT2D eigenvalue weighted by atomic mass is 10.2. The first-order chi connectivity index (χ1) is 17.0. The van der Waals surface area contributed by atoms with E-state index in [9.17, 15) is 9.59 Å². The van der Waals surface area contributed by atoms with Gasteiger partial charge in [0.05, 0.1) is 19.9 Å². The third-order valence-electron chi connectivity index (χ3n) is 4.99. The molecule has 0 aliphatic carbocycles. The summed E-state index contributed by atoms with van der Waals surface area (Å²) in [5.74, 6) is 1.03. The van der Waals surface area contributed by atoms with Crippen LogP contribution in [0.25, 0.3) is 0 Å². The first-order valence-corrected chi connectivity index (χ1v) is 11.2. The van der Waals surface area contributed by atoms with Crippen molar-refractivity contribution in [1.82, 2.24) is 10.7 Å². The molecule has 0 radical (unpaired) electrons. The Kier molecular flexibility index (Phi) is 9.24. The van der Waals surface area contributed by atoms with Crippen LogP contribution in [-0.2, 0) is 11.4 Å². The van der Waals surface area contributed by atoms with Crippen molar-refractivity contribution in [3.05, 3.63) is 89.5 Å². The van der Waals surface area contributed by atoms with Crippen LogP contribution in [0.5, 0.6) is 17.2 Å². The van der Waals surface area contributed by atoms with Crippen molar-refractivity contribution in [2.75, 3.05) is 13.7 Å². The Morgan fingerprint density at radius 1 is 0.971 bits per heavy atom. The maximum atomic E-state index is 12.3. The summed E-state index contributed by atoms with van der Waals surface area (Å²) in [4.78, 5) is 24.7. The van der Waals surface area contributed by atoms with Crippen molar-refractivity contribution < 1.29 is 23.8 Å². The van der Waals surface area contributed by atoms with E-state index in [0.29, 0.717) is 36.0 Å². The van der Waals surface area contributed by atoms with E-state index in [2.05, 4.69) is 15.8 Å². The molecule has 2 amide bonds. The van der Waals surface area contributed by atoms with Crippen LogP contribution in [0.15, 0.2) is 77.9 Å². The average molecular weight is 476 g/mol. The fourth-order valence-electron chi connectivity index (χ4n) is 3.08. The molecule has 2 N–H and O–H groups in total. The molecule has 0 fully saturated rings. The Balaban J connectivity index is 1.55. The number of hydrogen-bond donors (Lipinski definition) is 2. The number of benzene rings is 3. The van der Waals surface area contributed by atoms with E-state index in [4.69, 9.17) is 14.2 Å². The number of methoxy groups -OCH3 is 1. The maximum absolute atomic E-state index is 12.3. The number of hydrogen-bond acceptors (Lipinski definition) is 6. The molecule has 0 aliphatic rings. The number of nitrogens with one attached hydrogen (secondary N) is 2. The van der Waals surface area contributed by atoms with E-state index in [0.717, 1.165) is 11.1 Å².